The predicted octanol–water partition coefficient (Wildman–Crippen LogP) is 5.36. The second kappa shape index (κ2) is 9.50. The summed E-state index contributed by atoms with van der Waals surface area (Å²) in [6, 6.07) is 15.3. The number of nitrogens with zero attached hydrogens (tertiary/aromatic N) is 4. The first-order chi connectivity index (χ1) is 15.5. The number of aromatic nitrogens is 1. The molecule has 32 heavy (non-hydrogen) atoms. The zero-order chi connectivity index (χ0) is 22.5. The zero-order valence-electron chi connectivity index (χ0n) is 16.7. The fourth-order valence-electron chi connectivity index (χ4n) is 2.77. The Labute approximate surface area is 190 Å². The number of carbonyl (C=O) groups excluding carboxylic acids is 1. The number of fused-ring (bicyclic) bond motifs is 1. The second-order valence-corrected chi connectivity index (χ2v) is 8.41. The van der Waals surface area contributed by atoms with Crippen molar-refractivity contribution in [3.05, 3.63) is 86.6 Å². The molecular weight excluding hydrogens is 448 g/mol. The van der Waals surface area contributed by atoms with Crippen molar-refractivity contribution in [2.24, 2.45) is 5.10 Å². The van der Waals surface area contributed by atoms with Crippen LogP contribution in [0.3, 0.4) is 0 Å². The van der Waals surface area contributed by atoms with Crippen LogP contribution in [0.25, 0.3) is 16.3 Å². The third-order valence-electron chi connectivity index (χ3n) is 4.32. The second-order valence-electron chi connectivity index (χ2n) is 6.43. The van der Waals surface area contributed by atoms with E-state index in [1.807, 2.05) is 29.6 Å². The minimum atomic E-state index is -0.480. The number of nitro benzene ring substituents is 1. The van der Waals surface area contributed by atoms with Gasteiger partial charge in [-0.05, 0) is 41.3 Å². The quantitative estimate of drug-likeness (QED) is 0.159. The van der Waals surface area contributed by atoms with Gasteiger partial charge in [0.05, 0.1) is 28.5 Å². The van der Waals surface area contributed by atoms with Gasteiger partial charge < -0.3 is 4.74 Å². The van der Waals surface area contributed by atoms with Gasteiger partial charge in [-0.1, -0.05) is 29.5 Å². The molecule has 1 amide bonds. The highest BCUT2D eigenvalue weighted by atomic mass is 32.1. The lowest BCUT2D eigenvalue weighted by molar-refractivity contribution is -0.384. The van der Waals surface area contributed by atoms with Crippen molar-refractivity contribution in [2.45, 2.75) is 0 Å². The van der Waals surface area contributed by atoms with Crippen LogP contribution in [-0.4, -0.2) is 29.1 Å². The molecule has 0 saturated carbocycles. The van der Waals surface area contributed by atoms with E-state index < -0.39 is 10.8 Å². The molecule has 0 unspecified atom stereocenters. The minimum Gasteiger partial charge on any atom is -0.497 e. The van der Waals surface area contributed by atoms with Gasteiger partial charge in [-0.15, -0.1) is 11.3 Å². The number of anilines is 1. The highest BCUT2D eigenvalue weighted by Gasteiger charge is 2.18. The molecule has 160 valence electrons. The van der Waals surface area contributed by atoms with Crippen LogP contribution >= 0.6 is 22.7 Å². The molecule has 2 aromatic heterocycles. The number of benzene rings is 2. The maximum absolute atomic E-state index is 13.0. The Bertz CT molecular complexity index is 1330. The highest BCUT2D eigenvalue weighted by Crippen LogP contribution is 2.32. The number of hydrazone groups is 1. The first-order valence-corrected chi connectivity index (χ1v) is 11.0. The van der Waals surface area contributed by atoms with Crippen molar-refractivity contribution in [3.8, 4) is 5.75 Å². The summed E-state index contributed by atoms with van der Waals surface area (Å²) in [5, 5.41) is 18.9. The number of ether oxygens (including phenoxy) is 1. The van der Waals surface area contributed by atoms with Crippen molar-refractivity contribution in [2.75, 3.05) is 12.1 Å². The van der Waals surface area contributed by atoms with E-state index in [0.717, 1.165) is 15.1 Å². The number of thiophene rings is 1. The fraction of sp³-hybridized carbons (Fsp3) is 0.0455. The molecule has 0 N–H and O–H groups in total. The number of nitro groups is 1. The topological polar surface area (TPSA) is 97.9 Å². The Balaban J connectivity index is 1.66. The lowest BCUT2D eigenvalue weighted by Gasteiger charge is -2.10. The van der Waals surface area contributed by atoms with E-state index in [1.165, 1.54) is 52.0 Å². The summed E-state index contributed by atoms with van der Waals surface area (Å²) in [5.41, 5.74) is 1.20. The monoisotopic (exact) mass is 464 g/mol. The Kier molecular flexibility index (Phi) is 6.34. The highest BCUT2D eigenvalue weighted by molar-refractivity contribution is 7.22. The van der Waals surface area contributed by atoms with E-state index in [4.69, 9.17) is 4.74 Å². The van der Waals surface area contributed by atoms with Crippen molar-refractivity contribution < 1.29 is 14.5 Å². The molecule has 0 radical (unpaired) electrons. The van der Waals surface area contributed by atoms with Gasteiger partial charge in [0.1, 0.15) is 5.75 Å². The van der Waals surface area contributed by atoms with Crippen LogP contribution in [0, 0.1) is 10.1 Å². The number of thiazole rings is 1. The molecule has 10 heteroatoms. The number of carbonyl (C=O) groups is 1. The van der Waals surface area contributed by atoms with Gasteiger partial charge in [0.2, 0.25) is 5.13 Å². The van der Waals surface area contributed by atoms with E-state index in [2.05, 4.69) is 10.1 Å². The number of hydrogen-bond acceptors (Lipinski definition) is 8. The molecule has 4 rings (SSSR count). The average molecular weight is 465 g/mol. The summed E-state index contributed by atoms with van der Waals surface area (Å²) in [7, 11) is 1.59. The Morgan fingerprint density at radius 3 is 2.84 bits per heavy atom. The van der Waals surface area contributed by atoms with Crippen LogP contribution < -0.4 is 9.75 Å². The van der Waals surface area contributed by atoms with Gasteiger partial charge in [0, 0.05) is 23.1 Å². The Morgan fingerprint density at radius 2 is 2.09 bits per heavy atom. The van der Waals surface area contributed by atoms with Crippen LogP contribution in [0.2, 0.25) is 0 Å². The van der Waals surface area contributed by atoms with Crippen LogP contribution in [0.5, 0.6) is 5.75 Å². The largest absolute Gasteiger partial charge is 0.497 e. The van der Waals surface area contributed by atoms with Gasteiger partial charge in [-0.25, -0.2) is 4.98 Å². The predicted molar refractivity (Wildman–Crippen MR) is 128 cm³/mol. The van der Waals surface area contributed by atoms with E-state index >= 15 is 0 Å². The first-order valence-electron chi connectivity index (χ1n) is 9.32. The van der Waals surface area contributed by atoms with Crippen molar-refractivity contribution in [1.29, 1.82) is 0 Å². The van der Waals surface area contributed by atoms with E-state index in [1.54, 1.807) is 31.5 Å². The van der Waals surface area contributed by atoms with Crippen LogP contribution in [0.4, 0.5) is 10.8 Å². The van der Waals surface area contributed by atoms with Gasteiger partial charge >= 0.3 is 0 Å². The smallest absolute Gasteiger partial charge is 0.273 e. The lowest BCUT2D eigenvalue weighted by Crippen LogP contribution is -2.23. The normalized spacial score (nSPS) is 11.4. The number of hydrogen-bond donors (Lipinski definition) is 0. The third-order valence-corrected chi connectivity index (χ3v) is 6.12. The number of rotatable bonds is 7. The summed E-state index contributed by atoms with van der Waals surface area (Å²) in [5.74, 6) is 0.258. The van der Waals surface area contributed by atoms with Crippen molar-refractivity contribution in [1.82, 2.24) is 4.98 Å². The Morgan fingerprint density at radius 1 is 1.22 bits per heavy atom. The molecule has 0 spiro atoms. The molecule has 0 aliphatic carbocycles. The molecule has 0 saturated heterocycles. The standard InChI is InChI=1S/C22H16N4O4S2/c1-30-17-8-9-19-20(13-17)32-22(24-19)25(23-14-18-6-3-11-31-18)21(27)10-7-15-4-2-5-16(12-15)26(28)29/h2-14H,1H3/b10-7+,23-14+. The van der Waals surface area contributed by atoms with E-state index in [-0.39, 0.29) is 5.69 Å². The molecule has 0 fully saturated rings. The molecule has 2 aromatic carbocycles. The molecule has 0 atom stereocenters. The summed E-state index contributed by atoms with van der Waals surface area (Å²) in [6.07, 6.45) is 4.42. The maximum Gasteiger partial charge on any atom is 0.273 e. The minimum absolute atomic E-state index is 0.0488. The summed E-state index contributed by atoms with van der Waals surface area (Å²) < 4.78 is 6.11. The number of amides is 1. The summed E-state index contributed by atoms with van der Waals surface area (Å²) in [4.78, 5) is 29.0. The molecule has 4 aromatic rings. The number of non-ortho nitro benzene ring substituents is 1. The molecule has 0 aliphatic rings. The third kappa shape index (κ3) is 4.88. The van der Waals surface area contributed by atoms with Crippen molar-refractivity contribution >= 4 is 61.9 Å². The Hall–Kier alpha value is -3.89. The van der Waals surface area contributed by atoms with Gasteiger partial charge in [-0.2, -0.15) is 10.1 Å². The molecule has 2 heterocycles. The van der Waals surface area contributed by atoms with Gasteiger partial charge in [0.25, 0.3) is 11.6 Å². The number of methoxy groups -OCH3 is 1. The molecule has 8 nitrogen and oxygen atoms in total. The van der Waals surface area contributed by atoms with E-state index in [9.17, 15) is 14.9 Å². The van der Waals surface area contributed by atoms with Crippen molar-refractivity contribution in [3.63, 3.8) is 0 Å². The SMILES string of the molecule is COc1ccc2nc(N(/N=C/c3cccs3)C(=O)/C=C/c3cccc([N+](=O)[O-])c3)sc2c1. The van der Waals surface area contributed by atoms with E-state index in [0.29, 0.717) is 16.4 Å². The van der Waals surface area contributed by atoms with Crippen LogP contribution in [-0.2, 0) is 4.79 Å². The van der Waals surface area contributed by atoms with Gasteiger partial charge in [-0.3, -0.25) is 14.9 Å². The molecular formula is C22H16N4O4S2. The summed E-state index contributed by atoms with van der Waals surface area (Å²) in [6.45, 7) is 0. The first kappa shape index (κ1) is 21.3. The van der Waals surface area contributed by atoms with Crippen LogP contribution in [0.1, 0.15) is 10.4 Å². The maximum atomic E-state index is 13.0. The average Bonchev–Trinajstić information content (AvgIpc) is 3.47. The summed E-state index contributed by atoms with van der Waals surface area (Å²) >= 11 is 2.80. The molecule has 0 bridgehead atoms. The van der Waals surface area contributed by atoms with Gasteiger partial charge in [0.15, 0.2) is 0 Å². The molecule has 0 aliphatic heterocycles. The lowest BCUT2D eigenvalue weighted by atomic mass is 10.2. The fourth-order valence-corrected chi connectivity index (χ4v) is 4.31. The van der Waals surface area contributed by atoms with Crippen LogP contribution in [0.15, 0.2) is 71.2 Å². The zero-order valence-corrected chi connectivity index (χ0v) is 18.4.